The van der Waals surface area contributed by atoms with Crippen LogP contribution in [0, 0.1) is 5.92 Å². The van der Waals surface area contributed by atoms with Crippen LogP contribution in [0.4, 0.5) is 0 Å². The van der Waals surface area contributed by atoms with Crippen LogP contribution in [0.3, 0.4) is 0 Å². The van der Waals surface area contributed by atoms with E-state index in [2.05, 4.69) is 5.32 Å². The van der Waals surface area contributed by atoms with Crippen molar-refractivity contribution < 1.29 is 4.79 Å². The average Bonchev–Trinajstić information content (AvgIpc) is 2.52. The maximum atomic E-state index is 12.3. The van der Waals surface area contributed by atoms with Crippen molar-refractivity contribution in [1.82, 2.24) is 5.32 Å². The fourth-order valence-corrected chi connectivity index (χ4v) is 4.97. The van der Waals surface area contributed by atoms with Gasteiger partial charge >= 0.3 is 0 Å². The molecule has 114 valence electrons. The van der Waals surface area contributed by atoms with Gasteiger partial charge in [-0.05, 0) is 12.0 Å². The van der Waals surface area contributed by atoms with Crippen LogP contribution in [0.5, 0.6) is 0 Å². The van der Waals surface area contributed by atoms with Crippen molar-refractivity contribution >= 4 is 46.6 Å². The van der Waals surface area contributed by atoms with Crippen molar-refractivity contribution in [2.45, 2.75) is 11.7 Å². The van der Waals surface area contributed by atoms with Gasteiger partial charge in [-0.3, -0.25) is 4.79 Å². The van der Waals surface area contributed by atoms with E-state index in [0.29, 0.717) is 18.2 Å². The summed E-state index contributed by atoms with van der Waals surface area (Å²) in [5, 5.41) is 3.51. The number of thioether (sulfide) groups is 2. The van der Waals surface area contributed by atoms with E-state index in [-0.39, 0.29) is 10.9 Å². The van der Waals surface area contributed by atoms with Gasteiger partial charge in [0.05, 0.1) is 10.9 Å². The maximum absolute atomic E-state index is 12.3. The summed E-state index contributed by atoms with van der Waals surface area (Å²) in [5.74, 6) is 2.99. The monoisotopic (exact) mass is 340 g/mol. The molecule has 0 radical (unpaired) electrons. The fraction of sp³-hybridized carbons (Fsp3) is 0.467. The number of thiocarbonyl (C=S) groups is 1. The van der Waals surface area contributed by atoms with Gasteiger partial charge in [-0.15, -0.1) is 0 Å². The van der Waals surface area contributed by atoms with Crippen LogP contribution in [0.15, 0.2) is 30.3 Å². The van der Waals surface area contributed by atoms with Gasteiger partial charge in [-0.1, -0.05) is 42.5 Å². The Bertz CT molecular complexity index is 475. The van der Waals surface area contributed by atoms with E-state index in [9.17, 15) is 4.79 Å². The van der Waals surface area contributed by atoms with Gasteiger partial charge in [-0.2, -0.15) is 23.5 Å². The fourth-order valence-electron chi connectivity index (χ4n) is 2.16. The van der Waals surface area contributed by atoms with Gasteiger partial charge in [0.15, 0.2) is 0 Å². The van der Waals surface area contributed by atoms with Gasteiger partial charge in [0.25, 0.3) is 0 Å². The number of hydrogen-bond donors (Lipinski definition) is 2. The molecule has 1 aromatic carbocycles. The van der Waals surface area contributed by atoms with Gasteiger partial charge in [-0.25, -0.2) is 0 Å². The second-order valence-electron chi connectivity index (χ2n) is 4.96. The number of carbonyl (C=O) groups is 1. The van der Waals surface area contributed by atoms with Crippen LogP contribution in [0.25, 0.3) is 0 Å². The molecular weight excluding hydrogens is 320 g/mol. The molecule has 1 aliphatic heterocycles. The van der Waals surface area contributed by atoms with E-state index in [1.165, 1.54) is 5.75 Å². The van der Waals surface area contributed by atoms with Crippen molar-refractivity contribution in [3.05, 3.63) is 35.9 Å². The third-order valence-electron chi connectivity index (χ3n) is 3.33. The molecule has 0 saturated carbocycles. The lowest BCUT2D eigenvalue weighted by Gasteiger charge is -2.22. The first-order valence-corrected chi connectivity index (χ1v) is 9.58. The predicted octanol–water partition coefficient (Wildman–Crippen LogP) is 2.10. The number of benzene rings is 1. The highest BCUT2D eigenvalue weighted by Crippen LogP contribution is 2.23. The lowest BCUT2D eigenvalue weighted by molar-refractivity contribution is -0.122. The number of nitrogens with one attached hydrogen (secondary N) is 1. The minimum absolute atomic E-state index is 0.0532. The molecule has 1 amide bonds. The first-order valence-electron chi connectivity index (χ1n) is 6.97. The van der Waals surface area contributed by atoms with Crippen LogP contribution in [-0.4, -0.2) is 39.9 Å². The molecule has 1 heterocycles. The van der Waals surface area contributed by atoms with Crippen molar-refractivity contribution in [2.24, 2.45) is 11.7 Å². The first kappa shape index (κ1) is 16.6. The van der Waals surface area contributed by atoms with Crippen molar-refractivity contribution in [3.8, 4) is 0 Å². The van der Waals surface area contributed by atoms with Gasteiger partial charge in [0.2, 0.25) is 5.91 Å². The topological polar surface area (TPSA) is 55.1 Å². The molecule has 1 aliphatic rings. The van der Waals surface area contributed by atoms with Crippen molar-refractivity contribution in [2.75, 3.05) is 23.8 Å². The summed E-state index contributed by atoms with van der Waals surface area (Å²) in [6.07, 6.45) is 0.564. The quantitative estimate of drug-likeness (QED) is 0.777. The van der Waals surface area contributed by atoms with Crippen LogP contribution >= 0.6 is 35.7 Å². The number of nitrogens with two attached hydrogens (primary N) is 1. The second kappa shape index (κ2) is 8.66. The average molecular weight is 341 g/mol. The summed E-state index contributed by atoms with van der Waals surface area (Å²) in [6, 6.07) is 9.86. The Morgan fingerprint density at radius 2 is 2.14 bits per heavy atom. The first-order chi connectivity index (χ1) is 10.2. The summed E-state index contributed by atoms with van der Waals surface area (Å²) in [6.45, 7) is 0.699. The van der Waals surface area contributed by atoms with E-state index in [1.54, 1.807) is 0 Å². The number of carbonyl (C=O) groups excluding carboxylic acids is 1. The van der Waals surface area contributed by atoms with Crippen molar-refractivity contribution in [1.29, 1.82) is 0 Å². The molecule has 0 spiro atoms. The van der Waals surface area contributed by atoms with E-state index in [1.807, 2.05) is 53.9 Å². The Hall–Kier alpha value is -0.720. The SMILES string of the molecule is NC(=S)C(Cc1ccccc1)C(=O)NCC1CSCCS1. The molecule has 0 aromatic heterocycles. The van der Waals surface area contributed by atoms with E-state index >= 15 is 0 Å². The molecule has 6 heteroatoms. The molecule has 3 N–H and O–H groups in total. The number of hydrogen-bond acceptors (Lipinski definition) is 4. The zero-order valence-electron chi connectivity index (χ0n) is 11.8. The Morgan fingerprint density at radius 3 is 2.76 bits per heavy atom. The van der Waals surface area contributed by atoms with Gasteiger partial charge < -0.3 is 11.1 Å². The number of rotatable bonds is 6. The Balaban J connectivity index is 1.88. The standard InChI is InChI=1S/C15H20N2OS3/c16-14(19)13(8-11-4-2-1-3-5-11)15(18)17-9-12-10-20-6-7-21-12/h1-5,12-13H,6-10H2,(H2,16,19)(H,17,18). The Morgan fingerprint density at radius 1 is 1.38 bits per heavy atom. The summed E-state index contributed by atoms with van der Waals surface area (Å²) in [4.78, 5) is 12.6. The molecule has 21 heavy (non-hydrogen) atoms. The molecule has 2 unspecified atom stereocenters. The summed E-state index contributed by atoms with van der Waals surface area (Å²) >= 11 is 8.95. The van der Waals surface area contributed by atoms with Crippen LogP contribution in [0.1, 0.15) is 5.56 Å². The highest BCUT2D eigenvalue weighted by atomic mass is 32.2. The largest absolute Gasteiger partial charge is 0.393 e. The van der Waals surface area contributed by atoms with Crippen molar-refractivity contribution in [3.63, 3.8) is 0 Å². The lowest BCUT2D eigenvalue weighted by Crippen LogP contribution is -2.42. The summed E-state index contributed by atoms with van der Waals surface area (Å²) in [7, 11) is 0. The Labute approximate surface area is 139 Å². The molecular formula is C15H20N2OS3. The van der Waals surface area contributed by atoms with E-state index in [0.717, 1.165) is 17.1 Å². The van der Waals surface area contributed by atoms with E-state index < -0.39 is 5.92 Å². The highest BCUT2D eigenvalue weighted by Gasteiger charge is 2.23. The van der Waals surface area contributed by atoms with Crippen LogP contribution < -0.4 is 11.1 Å². The number of amides is 1. The molecule has 1 aromatic rings. The highest BCUT2D eigenvalue weighted by molar-refractivity contribution is 8.06. The van der Waals surface area contributed by atoms with Crippen LogP contribution in [-0.2, 0) is 11.2 Å². The molecule has 2 rings (SSSR count). The predicted molar refractivity (Wildman–Crippen MR) is 97.0 cm³/mol. The minimum Gasteiger partial charge on any atom is -0.393 e. The third kappa shape index (κ3) is 5.52. The van der Waals surface area contributed by atoms with Gasteiger partial charge in [0, 0.05) is 29.1 Å². The second-order valence-corrected chi connectivity index (χ2v) is 7.99. The lowest BCUT2D eigenvalue weighted by atomic mass is 9.98. The molecule has 1 saturated heterocycles. The minimum atomic E-state index is -0.427. The molecule has 0 aliphatic carbocycles. The molecule has 2 atom stereocenters. The third-order valence-corrected chi connectivity index (χ3v) is 6.46. The summed E-state index contributed by atoms with van der Waals surface area (Å²) in [5.41, 5.74) is 6.83. The molecule has 3 nitrogen and oxygen atoms in total. The Kier molecular flexibility index (Phi) is 6.86. The van der Waals surface area contributed by atoms with Crippen LogP contribution in [0.2, 0.25) is 0 Å². The van der Waals surface area contributed by atoms with E-state index in [4.69, 9.17) is 18.0 Å². The zero-order chi connectivity index (χ0) is 15.1. The molecule has 1 fully saturated rings. The normalized spacial score (nSPS) is 19.7. The maximum Gasteiger partial charge on any atom is 0.230 e. The molecule has 0 bridgehead atoms. The smallest absolute Gasteiger partial charge is 0.230 e. The summed E-state index contributed by atoms with van der Waals surface area (Å²) < 4.78 is 0. The van der Waals surface area contributed by atoms with Gasteiger partial charge in [0.1, 0.15) is 0 Å². The zero-order valence-corrected chi connectivity index (χ0v) is 14.2.